The number of pyridine rings is 2. The smallest absolute Gasteiger partial charge is 0.256 e. The number of aryl methyl sites for hydroxylation is 2. The first-order chi connectivity index (χ1) is 27.6. The summed E-state index contributed by atoms with van der Waals surface area (Å²) < 4.78 is 0. The first-order valence-corrected chi connectivity index (χ1v) is 18.0. The summed E-state index contributed by atoms with van der Waals surface area (Å²) in [7, 11) is 0. The number of aromatic amines is 2. The fourth-order valence-corrected chi connectivity index (χ4v) is 6.25. The number of fused-ring (bicyclic) bond motifs is 2. The third-order valence-electron chi connectivity index (χ3n) is 8.92. The van der Waals surface area contributed by atoms with Gasteiger partial charge in [-0.25, -0.2) is 19.9 Å². The molecule has 0 fully saturated rings. The van der Waals surface area contributed by atoms with Gasteiger partial charge in [0.15, 0.2) is 0 Å². The van der Waals surface area contributed by atoms with E-state index in [0.717, 1.165) is 55.4 Å². The Morgan fingerprint density at radius 3 is 1.67 bits per heavy atom. The van der Waals surface area contributed by atoms with Crippen molar-refractivity contribution < 1.29 is 4.79 Å². The molecular formula is C44H38N10O3. The molecule has 0 aliphatic rings. The molecule has 0 unspecified atom stereocenters. The minimum atomic E-state index is -0.190. The molecule has 8 rings (SSSR count). The highest BCUT2D eigenvalue weighted by Crippen LogP contribution is 2.26. The van der Waals surface area contributed by atoms with Gasteiger partial charge >= 0.3 is 0 Å². The Morgan fingerprint density at radius 1 is 0.649 bits per heavy atom. The van der Waals surface area contributed by atoms with E-state index < -0.39 is 0 Å². The lowest BCUT2D eigenvalue weighted by molar-refractivity contribution is -0.111. The molecule has 0 saturated carbocycles. The predicted octanol–water partition coefficient (Wildman–Crippen LogP) is 8.17. The number of rotatable bonds is 8. The molecule has 0 bridgehead atoms. The Hall–Kier alpha value is -7.93. The Balaban J connectivity index is 0.000000177. The van der Waals surface area contributed by atoms with E-state index in [-0.39, 0.29) is 17.0 Å². The summed E-state index contributed by atoms with van der Waals surface area (Å²) in [5, 5.41) is 10.8. The van der Waals surface area contributed by atoms with Crippen LogP contribution in [0.1, 0.15) is 18.1 Å². The number of allylic oxidation sites excluding steroid dienone is 1. The van der Waals surface area contributed by atoms with Crippen LogP contribution in [-0.2, 0) is 4.79 Å². The first-order valence-electron chi connectivity index (χ1n) is 18.0. The number of nitrogens with one attached hydrogen (secondary N) is 5. The third kappa shape index (κ3) is 8.90. The number of benzene rings is 4. The summed E-state index contributed by atoms with van der Waals surface area (Å²) in [6, 6.07) is 29.9. The van der Waals surface area contributed by atoms with Crippen molar-refractivity contribution in [3.63, 3.8) is 0 Å². The highest BCUT2D eigenvalue weighted by Gasteiger charge is 2.11. The van der Waals surface area contributed by atoms with Gasteiger partial charge in [0.2, 0.25) is 17.8 Å². The number of nitrogens with zero attached hydrogens (tertiary/aromatic N) is 4. The van der Waals surface area contributed by atoms with Crippen molar-refractivity contribution in [3.05, 3.63) is 166 Å². The van der Waals surface area contributed by atoms with E-state index in [1.165, 1.54) is 6.08 Å². The molecule has 1 amide bonds. The lowest BCUT2D eigenvalue weighted by Gasteiger charge is -2.09. The van der Waals surface area contributed by atoms with Crippen LogP contribution in [0.2, 0.25) is 0 Å². The van der Waals surface area contributed by atoms with Gasteiger partial charge in [-0.2, -0.15) is 0 Å². The van der Waals surface area contributed by atoms with Crippen LogP contribution in [0.5, 0.6) is 0 Å². The van der Waals surface area contributed by atoms with Gasteiger partial charge < -0.3 is 31.7 Å². The van der Waals surface area contributed by atoms with Crippen molar-refractivity contribution in [2.24, 2.45) is 0 Å². The van der Waals surface area contributed by atoms with E-state index >= 15 is 0 Å². The second-order valence-corrected chi connectivity index (χ2v) is 13.1. The largest absolute Gasteiger partial charge is 0.399 e. The molecule has 13 heteroatoms. The van der Waals surface area contributed by atoms with Gasteiger partial charge in [0.1, 0.15) is 0 Å². The maximum atomic E-state index is 12.2. The highest BCUT2D eigenvalue weighted by atomic mass is 16.1. The van der Waals surface area contributed by atoms with Crippen LogP contribution in [-0.4, -0.2) is 35.8 Å². The Morgan fingerprint density at radius 2 is 1.16 bits per heavy atom. The topological polar surface area (TPSA) is 196 Å². The summed E-state index contributed by atoms with van der Waals surface area (Å²) >= 11 is 0. The van der Waals surface area contributed by atoms with Crippen molar-refractivity contribution >= 4 is 62.4 Å². The van der Waals surface area contributed by atoms with Crippen molar-refractivity contribution in [2.75, 3.05) is 21.7 Å². The molecule has 4 aromatic heterocycles. The molecule has 0 spiro atoms. The number of nitrogen functional groups attached to an aromatic ring is 1. The fraction of sp³-hybridized carbons (Fsp3) is 0.0682. The van der Waals surface area contributed by atoms with E-state index in [2.05, 4.69) is 45.9 Å². The van der Waals surface area contributed by atoms with Crippen LogP contribution < -0.4 is 32.8 Å². The van der Waals surface area contributed by atoms with E-state index in [0.29, 0.717) is 34.4 Å². The second-order valence-electron chi connectivity index (χ2n) is 13.1. The summed E-state index contributed by atoms with van der Waals surface area (Å²) in [5.74, 6) is 0.736. The average Bonchev–Trinajstić information content (AvgIpc) is 3.18. The van der Waals surface area contributed by atoms with Crippen molar-refractivity contribution in [3.8, 4) is 22.3 Å². The van der Waals surface area contributed by atoms with Gasteiger partial charge in [-0.15, -0.1) is 0 Å². The SMILES string of the molecule is C/C=C/C(=O)Nc1cccc(Nc2ncc3cc(-c4c(C)cc[nH]c4=O)ccc3n2)c1.Cc1cc[nH]c(=O)c1-c1ccc2nc(Nc3cccc(N)c3)ncc2c1. The third-order valence-corrected chi connectivity index (χ3v) is 8.92. The average molecular weight is 755 g/mol. The molecule has 0 atom stereocenters. The molecule has 0 aliphatic heterocycles. The van der Waals surface area contributed by atoms with Crippen LogP contribution in [0.15, 0.2) is 144 Å². The number of hydrogen-bond donors (Lipinski definition) is 6. The number of H-pyrrole nitrogens is 2. The number of carbonyl (C=O) groups excluding carboxylic acids is 1. The zero-order valence-electron chi connectivity index (χ0n) is 31.3. The molecule has 0 aliphatic carbocycles. The monoisotopic (exact) mass is 754 g/mol. The van der Waals surface area contributed by atoms with Gasteiger partial charge in [-0.1, -0.05) is 30.3 Å². The van der Waals surface area contributed by atoms with E-state index in [9.17, 15) is 14.4 Å². The van der Waals surface area contributed by atoms with Crippen LogP contribution >= 0.6 is 0 Å². The van der Waals surface area contributed by atoms with Crippen LogP contribution in [0.4, 0.5) is 34.6 Å². The number of anilines is 6. The first kappa shape index (κ1) is 37.4. The molecule has 13 nitrogen and oxygen atoms in total. The number of aromatic nitrogens is 6. The van der Waals surface area contributed by atoms with Gasteiger partial charge in [-0.3, -0.25) is 14.4 Å². The molecular weight excluding hydrogens is 717 g/mol. The fourth-order valence-electron chi connectivity index (χ4n) is 6.25. The lowest BCUT2D eigenvalue weighted by Crippen LogP contribution is -2.09. The van der Waals surface area contributed by atoms with Crippen LogP contribution in [0, 0.1) is 13.8 Å². The molecule has 4 heterocycles. The van der Waals surface area contributed by atoms with Crippen LogP contribution in [0.25, 0.3) is 44.1 Å². The minimum Gasteiger partial charge on any atom is -0.399 e. The Bertz CT molecular complexity index is 2920. The highest BCUT2D eigenvalue weighted by molar-refractivity contribution is 5.99. The van der Waals surface area contributed by atoms with Gasteiger partial charge in [0, 0.05) is 69.4 Å². The number of nitrogens with two attached hydrogens (primary N) is 1. The minimum absolute atomic E-state index is 0.106. The second kappa shape index (κ2) is 16.6. The quantitative estimate of drug-likeness (QED) is 0.0650. The van der Waals surface area contributed by atoms with Crippen LogP contribution in [0.3, 0.4) is 0 Å². The molecule has 0 saturated heterocycles. The summed E-state index contributed by atoms with van der Waals surface area (Å²) in [6.45, 7) is 5.62. The number of carbonyl (C=O) groups is 1. The zero-order chi connectivity index (χ0) is 39.9. The standard InChI is InChI=1S/C24H21N5O2.C20H17N5O/c1-3-5-21(30)27-18-6-4-7-19(13-18)28-24-26-14-17-12-16(8-9-20(17)29-24)22-15(2)10-11-25-23(22)31;1-12-7-8-22-19(26)18(12)13-5-6-17-14(9-13)11-23-20(25-17)24-16-4-2-3-15(21)10-16/h3-14H,1-2H3,(H,25,31)(H,27,30)(H,26,28,29);2-11H,21H2,1H3,(H,22,26)(H,23,24,25)/b5-3+;. The molecule has 7 N–H and O–H groups in total. The number of hydrogen-bond acceptors (Lipinski definition) is 10. The Kier molecular flexibility index (Phi) is 10.9. The predicted molar refractivity (Wildman–Crippen MR) is 228 cm³/mol. The van der Waals surface area contributed by atoms with Crippen molar-refractivity contribution in [1.82, 2.24) is 29.9 Å². The maximum Gasteiger partial charge on any atom is 0.256 e. The molecule has 57 heavy (non-hydrogen) atoms. The normalized spacial score (nSPS) is 10.9. The van der Waals surface area contributed by atoms with Crippen molar-refractivity contribution in [2.45, 2.75) is 20.8 Å². The maximum absolute atomic E-state index is 12.2. The summed E-state index contributed by atoms with van der Waals surface area (Å²) in [6.07, 6.45) is 9.90. The zero-order valence-corrected chi connectivity index (χ0v) is 31.3. The summed E-state index contributed by atoms with van der Waals surface area (Å²) in [5.41, 5.74) is 14.8. The molecule has 4 aromatic carbocycles. The lowest BCUT2D eigenvalue weighted by atomic mass is 10.0. The number of amides is 1. The molecule has 282 valence electrons. The van der Waals surface area contributed by atoms with E-state index in [1.807, 2.05) is 111 Å². The summed E-state index contributed by atoms with van der Waals surface area (Å²) in [4.78, 5) is 59.4. The van der Waals surface area contributed by atoms with Crippen molar-refractivity contribution in [1.29, 1.82) is 0 Å². The molecule has 0 radical (unpaired) electrons. The molecule has 8 aromatic rings. The van der Waals surface area contributed by atoms with Gasteiger partial charge in [-0.05, 0) is 122 Å². The van der Waals surface area contributed by atoms with Gasteiger partial charge in [0.05, 0.1) is 11.0 Å². The van der Waals surface area contributed by atoms with E-state index in [1.54, 1.807) is 37.8 Å². The van der Waals surface area contributed by atoms with E-state index in [4.69, 9.17) is 5.73 Å². The van der Waals surface area contributed by atoms with Gasteiger partial charge in [0.25, 0.3) is 11.1 Å². The Labute approximate surface area is 326 Å².